The van der Waals surface area contributed by atoms with E-state index in [1.807, 2.05) is 0 Å². The number of hydrogen-bond donors (Lipinski definition) is 2. The molecule has 0 saturated heterocycles. The number of carbonyl (C=O) groups is 1. The number of nitrogens with zero attached hydrogens (tertiary/aromatic N) is 2. The molecule has 6 nitrogen and oxygen atoms in total. The van der Waals surface area contributed by atoms with Crippen molar-refractivity contribution in [1.29, 1.82) is 0 Å². The van der Waals surface area contributed by atoms with Gasteiger partial charge in [0, 0.05) is 6.42 Å². The average molecular weight is 208 g/mol. The molecule has 1 aromatic heterocycles. The zero-order valence-electron chi connectivity index (χ0n) is 8.41. The second-order valence-corrected chi connectivity index (χ2v) is 3.78. The van der Waals surface area contributed by atoms with Gasteiger partial charge in [0.05, 0.1) is 0 Å². The summed E-state index contributed by atoms with van der Waals surface area (Å²) in [6.07, 6.45) is 2.73. The van der Waals surface area contributed by atoms with Crippen LogP contribution in [0.5, 0.6) is 0 Å². The zero-order chi connectivity index (χ0) is 10.8. The van der Waals surface area contributed by atoms with Crippen molar-refractivity contribution in [3.05, 3.63) is 16.0 Å². The van der Waals surface area contributed by atoms with E-state index < -0.39 is 0 Å². The number of aromatic amines is 1. The number of rotatable bonds is 3. The fourth-order valence-electron chi connectivity index (χ4n) is 1.22. The highest BCUT2D eigenvalue weighted by Gasteiger charge is 2.24. The Hall–Kier alpha value is -1.72. The van der Waals surface area contributed by atoms with Crippen molar-refractivity contribution in [1.82, 2.24) is 15.2 Å². The summed E-state index contributed by atoms with van der Waals surface area (Å²) in [5.41, 5.74) is -0.0399. The number of nitrogens with one attached hydrogen (secondary N) is 2. The number of hydrogen-bond acceptors (Lipinski definition) is 4. The van der Waals surface area contributed by atoms with Crippen LogP contribution in [0.25, 0.3) is 0 Å². The molecular weight excluding hydrogens is 196 g/mol. The van der Waals surface area contributed by atoms with Gasteiger partial charge in [-0.15, -0.1) is 10.2 Å². The first kappa shape index (κ1) is 9.82. The summed E-state index contributed by atoms with van der Waals surface area (Å²) in [5, 5.41) is 9.80. The van der Waals surface area contributed by atoms with Crippen LogP contribution in [0.2, 0.25) is 0 Å². The molecule has 1 amide bonds. The van der Waals surface area contributed by atoms with Crippen LogP contribution < -0.4 is 10.9 Å². The van der Waals surface area contributed by atoms with Gasteiger partial charge in [-0.1, -0.05) is 0 Å². The van der Waals surface area contributed by atoms with Gasteiger partial charge in [-0.05, 0) is 25.7 Å². The number of H-pyrrole nitrogens is 1. The molecule has 0 atom stereocenters. The quantitative estimate of drug-likeness (QED) is 0.743. The van der Waals surface area contributed by atoms with E-state index in [-0.39, 0.29) is 23.1 Å². The van der Waals surface area contributed by atoms with Gasteiger partial charge in [0.25, 0.3) is 5.56 Å². The molecule has 0 spiro atoms. The van der Waals surface area contributed by atoms with E-state index in [0.29, 0.717) is 12.3 Å². The first-order chi connectivity index (χ1) is 7.15. The molecule has 2 N–H and O–H groups in total. The van der Waals surface area contributed by atoms with Crippen molar-refractivity contribution in [2.24, 2.45) is 5.92 Å². The topological polar surface area (TPSA) is 87.7 Å². The first-order valence-corrected chi connectivity index (χ1v) is 4.88. The lowest BCUT2D eigenvalue weighted by atomic mass is 10.3. The van der Waals surface area contributed by atoms with Gasteiger partial charge in [0.2, 0.25) is 11.9 Å². The predicted octanol–water partition coefficient (Wildman–Crippen LogP) is 0.212. The predicted molar refractivity (Wildman–Crippen MR) is 53.4 cm³/mol. The van der Waals surface area contributed by atoms with Crippen LogP contribution in [-0.2, 0) is 4.79 Å². The minimum absolute atomic E-state index is 0.119. The van der Waals surface area contributed by atoms with Crippen LogP contribution in [-0.4, -0.2) is 21.1 Å². The number of amides is 1. The second kappa shape index (κ2) is 3.80. The van der Waals surface area contributed by atoms with Gasteiger partial charge >= 0.3 is 0 Å². The molecule has 0 aromatic carbocycles. The Balaban J connectivity index is 2.00. The lowest BCUT2D eigenvalue weighted by Crippen LogP contribution is -2.20. The molecule has 1 aliphatic rings. The summed E-state index contributed by atoms with van der Waals surface area (Å²) in [5.74, 6) is 0.512. The molecule has 0 bridgehead atoms. The van der Waals surface area contributed by atoms with Crippen molar-refractivity contribution in [2.75, 3.05) is 5.32 Å². The van der Waals surface area contributed by atoms with Crippen molar-refractivity contribution in [3.8, 4) is 0 Å². The molecule has 1 saturated carbocycles. The third-order valence-electron chi connectivity index (χ3n) is 2.29. The Labute approximate surface area is 86.1 Å². The molecule has 6 heteroatoms. The van der Waals surface area contributed by atoms with Crippen molar-refractivity contribution < 1.29 is 4.79 Å². The Morgan fingerprint density at radius 2 is 2.27 bits per heavy atom. The molecule has 0 radical (unpaired) electrons. The lowest BCUT2D eigenvalue weighted by molar-refractivity contribution is -0.116. The summed E-state index contributed by atoms with van der Waals surface area (Å²) in [4.78, 5) is 24.9. The number of aryl methyl sites for hydroxylation is 1. The third-order valence-corrected chi connectivity index (χ3v) is 2.29. The minimum Gasteiger partial charge on any atom is -0.295 e. The summed E-state index contributed by atoms with van der Waals surface area (Å²) in [7, 11) is 0. The van der Waals surface area contributed by atoms with E-state index in [1.54, 1.807) is 6.92 Å². The smallest absolute Gasteiger partial charge is 0.273 e. The summed E-state index contributed by atoms with van der Waals surface area (Å²) < 4.78 is 0. The Morgan fingerprint density at radius 3 is 2.87 bits per heavy atom. The SMILES string of the molecule is Cc1nnc(NC(=O)CC2CC2)[nH]c1=O. The summed E-state index contributed by atoms with van der Waals surface area (Å²) in [6, 6.07) is 0. The van der Waals surface area contributed by atoms with E-state index in [2.05, 4.69) is 20.5 Å². The van der Waals surface area contributed by atoms with Gasteiger partial charge in [-0.25, -0.2) is 0 Å². The highest BCUT2D eigenvalue weighted by molar-refractivity contribution is 5.89. The Morgan fingerprint density at radius 1 is 1.53 bits per heavy atom. The molecule has 1 heterocycles. The third kappa shape index (κ3) is 2.61. The maximum Gasteiger partial charge on any atom is 0.273 e. The minimum atomic E-state index is -0.327. The monoisotopic (exact) mass is 208 g/mol. The van der Waals surface area contributed by atoms with E-state index in [0.717, 1.165) is 12.8 Å². The second-order valence-electron chi connectivity index (χ2n) is 3.78. The molecule has 15 heavy (non-hydrogen) atoms. The standard InChI is InChI=1S/C9H12N4O2/c1-5-8(15)11-9(13-12-5)10-7(14)4-6-2-3-6/h6H,2-4H2,1H3,(H2,10,11,13,14,15). The maximum absolute atomic E-state index is 11.4. The zero-order valence-corrected chi connectivity index (χ0v) is 8.41. The molecule has 80 valence electrons. The van der Waals surface area contributed by atoms with Crippen LogP contribution >= 0.6 is 0 Å². The maximum atomic E-state index is 11.4. The first-order valence-electron chi connectivity index (χ1n) is 4.88. The van der Waals surface area contributed by atoms with E-state index in [1.165, 1.54) is 0 Å². The van der Waals surface area contributed by atoms with Gasteiger partial charge in [-0.3, -0.25) is 19.9 Å². The molecule has 2 rings (SSSR count). The average Bonchev–Trinajstić information content (AvgIpc) is 2.95. The highest BCUT2D eigenvalue weighted by Crippen LogP contribution is 2.32. The van der Waals surface area contributed by atoms with Crippen molar-refractivity contribution in [2.45, 2.75) is 26.2 Å². The van der Waals surface area contributed by atoms with Crippen molar-refractivity contribution in [3.63, 3.8) is 0 Å². The van der Waals surface area contributed by atoms with E-state index >= 15 is 0 Å². The number of aromatic nitrogens is 3. The highest BCUT2D eigenvalue weighted by atomic mass is 16.2. The molecule has 0 aliphatic heterocycles. The normalized spacial score (nSPS) is 15.0. The van der Waals surface area contributed by atoms with E-state index in [9.17, 15) is 9.59 Å². The lowest BCUT2D eigenvalue weighted by Gasteiger charge is -2.01. The van der Waals surface area contributed by atoms with E-state index in [4.69, 9.17) is 0 Å². The number of carbonyl (C=O) groups excluding carboxylic acids is 1. The van der Waals surface area contributed by atoms with Crippen molar-refractivity contribution >= 4 is 11.9 Å². The van der Waals surface area contributed by atoms with Gasteiger partial charge in [-0.2, -0.15) is 0 Å². The molecule has 1 aliphatic carbocycles. The fourth-order valence-corrected chi connectivity index (χ4v) is 1.22. The van der Waals surface area contributed by atoms with Crippen LogP contribution in [0, 0.1) is 12.8 Å². The number of anilines is 1. The summed E-state index contributed by atoms with van der Waals surface area (Å²) in [6.45, 7) is 1.56. The Kier molecular flexibility index (Phi) is 2.49. The molecule has 0 unspecified atom stereocenters. The molecule has 1 aromatic rings. The largest absolute Gasteiger partial charge is 0.295 e. The van der Waals surface area contributed by atoms with Crippen LogP contribution in [0.4, 0.5) is 5.95 Å². The molecule has 1 fully saturated rings. The van der Waals surface area contributed by atoms with Gasteiger partial charge in [0.15, 0.2) is 0 Å². The summed E-state index contributed by atoms with van der Waals surface area (Å²) >= 11 is 0. The fraction of sp³-hybridized carbons (Fsp3) is 0.556. The Bertz CT molecular complexity index is 436. The molecular formula is C9H12N4O2. The van der Waals surface area contributed by atoms with Gasteiger partial charge in [0.1, 0.15) is 5.69 Å². The van der Waals surface area contributed by atoms with Crippen LogP contribution in [0.3, 0.4) is 0 Å². The van der Waals surface area contributed by atoms with Crippen LogP contribution in [0.15, 0.2) is 4.79 Å². The van der Waals surface area contributed by atoms with Crippen LogP contribution in [0.1, 0.15) is 25.0 Å². The van der Waals surface area contributed by atoms with Gasteiger partial charge < -0.3 is 0 Å².